The molecule has 0 aliphatic carbocycles. The van der Waals surface area contributed by atoms with Gasteiger partial charge in [0.25, 0.3) is 5.91 Å². The van der Waals surface area contributed by atoms with Gasteiger partial charge in [-0.3, -0.25) is 9.59 Å². The SMILES string of the molecule is CC(=NNC(=O)C(O)c1ccccc1)c1ccc(NC(=O)C(F)(F)C(F)(F)C(F)(F)F)cc1. The van der Waals surface area contributed by atoms with Gasteiger partial charge in [0.2, 0.25) is 0 Å². The van der Waals surface area contributed by atoms with Crippen molar-refractivity contribution < 1.29 is 45.4 Å². The zero-order valence-corrected chi connectivity index (χ0v) is 16.6. The summed E-state index contributed by atoms with van der Waals surface area (Å²) in [4.78, 5) is 23.3. The first-order valence-electron chi connectivity index (χ1n) is 9.00. The van der Waals surface area contributed by atoms with Crippen LogP contribution in [0.3, 0.4) is 0 Å². The maximum Gasteiger partial charge on any atom is 0.460 e. The summed E-state index contributed by atoms with van der Waals surface area (Å²) in [6.07, 6.45) is -8.14. The number of hydrogen-bond acceptors (Lipinski definition) is 4. The molecule has 0 saturated heterocycles. The lowest BCUT2D eigenvalue weighted by Gasteiger charge is -2.27. The average Bonchev–Trinajstić information content (AvgIpc) is 2.76. The summed E-state index contributed by atoms with van der Waals surface area (Å²) in [6.45, 7) is 1.42. The van der Waals surface area contributed by atoms with Gasteiger partial charge in [-0.1, -0.05) is 42.5 Å². The second kappa shape index (κ2) is 9.57. The highest BCUT2D eigenvalue weighted by Gasteiger charge is 2.76. The van der Waals surface area contributed by atoms with Crippen LogP contribution in [0, 0.1) is 0 Å². The fraction of sp³-hybridized carbons (Fsp3) is 0.250. The maximum absolute atomic E-state index is 13.4. The number of benzene rings is 2. The van der Waals surface area contributed by atoms with E-state index in [4.69, 9.17) is 0 Å². The third-order valence-electron chi connectivity index (χ3n) is 4.29. The summed E-state index contributed by atoms with van der Waals surface area (Å²) in [5.74, 6) is -16.3. The maximum atomic E-state index is 13.4. The van der Waals surface area contributed by atoms with Crippen LogP contribution >= 0.6 is 0 Å². The van der Waals surface area contributed by atoms with Crippen LogP contribution in [0.15, 0.2) is 59.7 Å². The predicted molar refractivity (Wildman–Crippen MR) is 103 cm³/mol. The third-order valence-corrected chi connectivity index (χ3v) is 4.29. The van der Waals surface area contributed by atoms with E-state index >= 15 is 0 Å². The number of aliphatic hydroxyl groups excluding tert-OH is 1. The number of anilines is 1. The predicted octanol–water partition coefficient (Wildman–Crippen LogP) is 4.03. The number of amides is 2. The Morgan fingerprint density at radius 1 is 0.909 bits per heavy atom. The Bertz CT molecular complexity index is 1020. The number of nitrogens with zero attached hydrogens (tertiary/aromatic N) is 1. The average molecular weight is 479 g/mol. The third kappa shape index (κ3) is 5.66. The summed E-state index contributed by atoms with van der Waals surface area (Å²) < 4.78 is 89.2. The van der Waals surface area contributed by atoms with Gasteiger partial charge in [0.15, 0.2) is 6.10 Å². The first-order valence-corrected chi connectivity index (χ1v) is 9.00. The number of alkyl halides is 7. The zero-order valence-electron chi connectivity index (χ0n) is 16.6. The minimum absolute atomic E-state index is 0.162. The Labute approximate surface area is 182 Å². The number of hydrazone groups is 1. The van der Waals surface area contributed by atoms with Crippen molar-refractivity contribution in [3.8, 4) is 0 Å². The fourth-order valence-corrected chi connectivity index (χ4v) is 2.38. The molecular weight excluding hydrogens is 463 g/mol. The second-order valence-corrected chi connectivity index (χ2v) is 6.66. The van der Waals surface area contributed by atoms with E-state index in [1.54, 1.807) is 18.2 Å². The molecule has 2 rings (SSSR count). The summed E-state index contributed by atoms with van der Waals surface area (Å²) in [5.41, 5.74) is 2.38. The lowest BCUT2D eigenvalue weighted by Crippen LogP contribution is -2.57. The Kier molecular flexibility index (Phi) is 7.47. The van der Waals surface area contributed by atoms with Crippen molar-refractivity contribution in [3.63, 3.8) is 0 Å². The molecule has 3 N–H and O–H groups in total. The first-order chi connectivity index (χ1) is 15.2. The molecule has 13 heteroatoms. The minimum Gasteiger partial charge on any atom is -0.378 e. The molecule has 6 nitrogen and oxygen atoms in total. The molecule has 0 fully saturated rings. The number of hydrogen-bond donors (Lipinski definition) is 3. The lowest BCUT2D eigenvalue weighted by molar-refractivity contribution is -0.343. The Morgan fingerprint density at radius 2 is 1.45 bits per heavy atom. The van der Waals surface area contributed by atoms with Gasteiger partial charge in [0, 0.05) is 5.69 Å². The van der Waals surface area contributed by atoms with Crippen LogP contribution in [0.25, 0.3) is 0 Å². The monoisotopic (exact) mass is 479 g/mol. The van der Waals surface area contributed by atoms with E-state index in [1.165, 1.54) is 36.5 Å². The molecule has 2 aromatic carbocycles. The number of carbonyl (C=O) groups is 2. The smallest absolute Gasteiger partial charge is 0.378 e. The summed E-state index contributed by atoms with van der Waals surface area (Å²) in [7, 11) is 0. The first kappa shape index (κ1) is 25.8. The van der Waals surface area contributed by atoms with Crippen molar-refractivity contribution in [2.24, 2.45) is 5.10 Å². The van der Waals surface area contributed by atoms with Gasteiger partial charge in [-0.2, -0.15) is 35.8 Å². The molecule has 178 valence electrons. The van der Waals surface area contributed by atoms with Crippen molar-refractivity contribution in [2.45, 2.75) is 31.0 Å². The number of rotatable bonds is 7. The van der Waals surface area contributed by atoms with E-state index < -0.39 is 41.6 Å². The summed E-state index contributed by atoms with van der Waals surface area (Å²) in [6, 6.07) is 12.2. The molecule has 0 radical (unpaired) electrons. The van der Waals surface area contributed by atoms with E-state index in [-0.39, 0.29) is 11.3 Å². The Balaban J connectivity index is 2.05. The normalized spacial score (nSPS) is 13.9. The number of carbonyl (C=O) groups excluding carboxylic acids is 2. The van der Waals surface area contributed by atoms with E-state index in [2.05, 4.69) is 10.5 Å². The van der Waals surface area contributed by atoms with Gasteiger partial charge in [-0.25, -0.2) is 5.43 Å². The van der Waals surface area contributed by atoms with Crippen LogP contribution in [0.1, 0.15) is 24.2 Å². The highest BCUT2D eigenvalue weighted by atomic mass is 19.4. The molecule has 1 unspecified atom stereocenters. The Hall–Kier alpha value is -3.48. The zero-order chi connectivity index (χ0) is 25.0. The lowest BCUT2D eigenvalue weighted by atomic mass is 10.1. The molecule has 0 bridgehead atoms. The highest BCUT2D eigenvalue weighted by molar-refractivity contribution is 6.01. The van der Waals surface area contributed by atoms with Gasteiger partial charge < -0.3 is 10.4 Å². The molecule has 0 aliphatic heterocycles. The quantitative estimate of drug-likeness (QED) is 0.318. The number of halogens is 7. The second-order valence-electron chi connectivity index (χ2n) is 6.66. The van der Waals surface area contributed by atoms with Crippen LogP contribution in [0.5, 0.6) is 0 Å². The molecule has 0 saturated carbocycles. The van der Waals surface area contributed by atoms with Crippen LogP contribution in [-0.4, -0.2) is 40.7 Å². The van der Waals surface area contributed by atoms with E-state index in [0.717, 1.165) is 12.1 Å². The van der Waals surface area contributed by atoms with Crippen molar-refractivity contribution in [1.29, 1.82) is 0 Å². The molecule has 2 aromatic rings. The Morgan fingerprint density at radius 3 is 1.97 bits per heavy atom. The van der Waals surface area contributed by atoms with Crippen LogP contribution in [-0.2, 0) is 9.59 Å². The van der Waals surface area contributed by atoms with E-state index in [0.29, 0.717) is 5.56 Å². The topological polar surface area (TPSA) is 90.8 Å². The van der Waals surface area contributed by atoms with Crippen molar-refractivity contribution in [2.75, 3.05) is 5.32 Å². The molecular formula is C20H16F7N3O3. The van der Waals surface area contributed by atoms with Gasteiger partial charge >= 0.3 is 23.9 Å². The van der Waals surface area contributed by atoms with Crippen LogP contribution in [0.4, 0.5) is 36.4 Å². The molecule has 0 aliphatic rings. The highest BCUT2D eigenvalue weighted by Crippen LogP contribution is 2.46. The van der Waals surface area contributed by atoms with Gasteiger partial charge in [0.1, 0.15) is 0 Å². The van der Waals surface area contributed by atoms with Gasteiger partial charge in [-0.15, -0.1) is 0 Å². The van der Waals surface area contributed by atoms with E-state index in [1.807, 2.05) is 0 Å². The summed E-state index contributed by atoms with van der Waals surface area (Å²) >= 11 is 0. The van der Waals surface area contributed by atoms with E-state index in [9.17, 15) is 45.4 Å². The standard InChI is InChI=1S/C20H16F7N3O3/c1-11(29-30-16(32)15(31)13-5-3-2-4-6-13)12-7-9-14(10-8-12)28-17(33)18(21,22)19(23,24)20(25,26)27/h2-10,15,31H,1H3,(H,28,33)(H,30,32). The number of aliphatic hydroxyl groups is 1. The van der Waals surface area contributed by atoms with Crippen LogP contribution in [0.2, 0.25) is 0 Å². The molecule has 0 heterocycles. The van der Waals surface area contributed by atoms with Crippen molar-refractivity contribution in [3.05, 3.63) is 65.7 Å². The summed E-state index contributed by atoms with van der Waals surface area (Å²) in [5, 5.41) is 15.0. The minimum atomic E-state index is -6.64. The van der Waals surface area contributed by atoms with Crippen LogP contribution < -0.4 is 10.7 Å². The molecule has 0 spiro atoms. The van der Waals surface area contributed by atoms with Gasteiger partial charge in [0.05, 0.1) is 5.71 Å². The molecule has 2 amide bonds. The van der Waals surface area contributed by atoms with Crippen molar-refractivity contribution in [1.82, 2.24) is 5.43 Å². The molecule has 1 atom stereocenters. The molecule has 0 aromatic heterocycles. The molecule has 33 heavy (non-hydrogen) atoms. The largest absolute Gasteiger partial charge is 0.460 e. The number of nitrogens with one attached hydrogen (secondary N) is 2. The van der Waals surface area contributed by atoms with Gasteiger partial charge in [-0.05, 0) is 30.2 Å². The fourth-order valence-electron chi connectivity index (χ4n) is 2.38. The van der Waals surface area contributed by atoms with Crippen molar-refractivity contribution >= 4 is 23.2 Å².